The first kappa shape index (κ1) is 11.8. The summed E-state index contributed by atoms with van der Waals surface area (Å²) < 4.78 is 0. The van der Waals surface area contributed by atoms with Crippen molar-refractivity contribution < 1.29 is 10.2 Å². The van der Waals surface area contributed by atoms with Crippen molar-refractivity contribution in [3.8, 4) is 0 Å². The van der Waals surface area contributed by atoms with Crippen molar-refractivity contribution >= 4 is 11.0 Å². The van der Waals surface area contributed by atoms with E-state index in [4.69, 9.17) is 10.2 Å². The van der Waals surface area contributed by atoms with E-state index in [9.17, 15) is 4.79 Å². The Morgan fingerprint density at radius 1 is 1.18 bits per heavy atom. The van der Waals surface area contributed by atoms with E-state index in [0.717, 1.165) is 16.6 Å². The molecule has 0 spiro atoms. The second kappa shape index (κ2) is 5.13. The smallest absolute Gasteiger partial charge is 0.323 e. The molecule has 5 N–H and O–H groups in total. The first-order chi connectivity index (χ1) is 8.22. The first-order valence-corrected chi connectivity index (χ1v) is 5.39. The average Bonchev–Trinajstić information content (AvgIpc) is 2.69. The van der Waals surface area contributed by atoms with Crippen LogP contribution in [0.3, 0.4) is 0 Å². The Labute approximate surface area is 97.3 Å². The summed E-state index contributed by atoms with van der Waals surface area (Å²) in [4.78, 5) is 16.4. The molecule has 6 heteroatoms. The Morgan fingerprint density at radius 2 is 1.88 bits per heavy atom. The molecule has 0 fully saturated rings. The number of hydrogen-bond donors (Lipinski definition) is 5. The monoisotopic (exact) mass is 237 g/mol. The molecule has 92 valence electrons. The highest BCUT2D eigenvalue weighted by molar-refractivity contribution is 5.74. The Kier molecular flexibility index (Phi) is 3.58. The molecule has 0 saturated carbocycles. The summed E-state index contributed by atoms with van der Waals surface area (Å²) in [5.74, 6) is 0. The van der Waals surface area contributed by atoms with Gasteiger partial charge in [-0.1, -0.05) is 6.07 Å². The number of aliphatic hydroxyl groups excluding tert-OH is 2. The molecule has 2 aromatic rings. The summed E-state index contributed by atoms with van der Waals surface area (Å²) in [5, 5.41) is 20.8. The maximum absolute atomic E-state index is 11.1. The molecule has 1 heterocycles. The number of aliphatic hydroxyl groups is 2. The zero-order chi connectivity index (χ0) is 12.3. The number of fused-ring (bicyclic) bond motifs is 1. The number of hydrogen-bond acceptors (Lipinski definition) is 4. The molecule has 0 aliphatic heterocycles. The van der Waals surface area contributed by atoms with E-state index in [1.807, 2.05) is 18.2 Å². The van der Waals surface area contributed by atoms with Crippen molar-refractivity contribution in [2.24, 2.45) is 0 Å². The van der Waals surface area contributed by atoms with Crippen LogP contribution in [0.5, 0.6) is 0 Å². The van der Waals surface area contributed by atoms with Gasteiger partial charge < -0.3 is 25.5 Å². The Hall–Kier alpha value is -1.63. The second-order valence-electron chi connectivity index (χ2n) is 3.90. The van der Waals surface area contributed by atoms with Crippen LogP contribution in [-0.4, -0.2) is 39.4 Å². The molecule has 17 heavy (non-hydrogen) atoms. The fourth-order valence-electron chi connectivity index (χ4n) is 1.64. The third kappa shape index (κ3) is 2.73. The van der Waals surface area contributed by atoms with Crippen molar-refractivity contribution in [1.82, 2.24) is 15.3 Å². The van der Waals surface area contributed by atoms with Crippen molar-refractivity contribution in [3.05, 3.63) is 34.2 Å². The minimum absolute atomic E-state index is 0.111. The van der Waals surface area contributed by atoms with E-state index in [1.165, 1.54) is 0 Å². The number of aromatic nitrogens is 2. The van der Waals surface area contributed by atoms with Gasteiger partial charge in [0, 0.05) is 6.54 Å². The van der Waals surface area contributed by atoms with Crippen molar-refractivity contribution in [2.75, 3.05) is 13.2 Å². The average molecular weight is 237 g/mol. The quantitative estimate of drug-likeness (QED) is 0.474. The van der Waals surface area contributed by atoms with Gasteiger partial charge in [0.1, 0.15) is 0 Å². The number of rotatable bonds is 5. The van der Waals surface area contributed by atoms with Crippen LogP contribution in [0, 0.1) is 0 Å². The van der Waals surface area contributed by atoms with E-state index < -0.39 is 0 Å². The van der Waals surface area contributed by atoms with E-state index >= 15 is 0 Å². The second-order valence-corrected chi connectivity index (χ2v) is 3.90. The Bertz CT molecular complexity index is 542. The van der Waals surface area contributed by atoms with Gasteiger partial charge in [0.2, 0.25) is 0 Å². The summed E-state index contributed by atoms with van der Waals surface area (Å²) in [6.07, 6.45) is 0. The van der Waals surface area contributed by atoms with Gasteiger partial charge in [-0.05, 0) is 17.7 Å². The van der Waals surface area contributed by atoms with Crippen LogP contribution >= 0.6 is 0 Å². The summed E-state index contributed by atoms with van der Waals surface area (Å²) >= 11 is 0. The zero-order valence-corrected chi connectivity index (χ0v) is 9.23. The summed E-state index contributed by atoms with van der Waals surface area (Å²) in [6, 6.07) is 5.23. The molecule has 1 aromatic carbocycles. The molecule has 0 aliphatic carbocycles. The summed E-state index contributed by atoms with van der Waals surface area (Å²) in [5.41, 5.74) is 2.26. The molecule has 0 saturated heterocycles. The standard InChI is InChI=1S/C11H15N3O3/c15-5-8(6-16)12-4-7-1-2-9-10(3-7)14-11(17)13-9/h1-3,8,12,15-16H,4-6H2,(H2,13,14,17). The van der Waals surface area contributed by atoms with E-state index in [-0.39, 0.29) is 24.9 Å². The number of aromatic amines is 2. The van der Waals surface area contributed by atoms with Gasteiger partial charge in [-0.2, -0.15) is 0 Å². The van der Waals surface area contributed by atoms with Crippen molar-refractivity contribution in [1.29, 1.82) is 0 Å². The largest absolute Gasteiger partial charge is 0.395 e. The van der Waals surface area contributed by atoms with Crippen molar-refractivity contribution in [2.45, 2.75) is 12.6 Å². The lowest BCUT2D eigenvalue weighted by molar-refractivity contribution is 0.170. The molecule has 0 unspecified atom stereocenters. The maximum atomic E-state index is 11.1. The van der Waals surface area contributed by atoms with Crippen molar-refractivity contribution in [3.63, 3.8) is 0 Å². The van der Waals surface area contributed by atoms with Gasteiger partial charge in [0.25, 0.3) is 0 Å². The lowest BCUT2D eigenvalue weighted by Gasteiger charge is -2.12. The first-order valence-electron chi connectivity index (χ1n) is 5.39. The normalized spacial score (nSPS) is 11.5. The van der Waals surface area contributed by atoms with Gasteiger partial charge in [-0.25, -0.2) is 4.79 Å². The van der Waals surface area contributed by atoms with E-state index in [2.05, 4.69) is 15.3 Å². The molecule has 0 radical (unpaired) electrons. The number of imidazole rings is 1. The molecule has 0 amide bonds. The lowest BCUT2D eigenvalue weighted by Crippen LogP contribution is -2.35. The lowest BCUT2D eigenvalue weighted by atomic mass is 10.2. The molecule has 0 bridgehead atoms. The van der Waals surface area contributed by atoms with Gasteiger partial charge >= 0.3 is 5.69 Å². The highest BCUT2D eigenvalue weighted by Crippen LogP contribution is 2.09. The van der Waals surface area contributed by atoms with Gasteiger partial charge in [-0.3, -0.25) is 0 Å². The highest BCUT2D eigenvalue weighted by Gasteiger charge is 2.05. The van der Waals surface area contributed by atoms with Crippen LogP contribution in [0.2, 0.25) is 0 Å². The SMILES string of the molecule is O=c1[nH]c2ccc(CNC(CO)CO)cc2[nH]1. The molecular formula is C11H15N3O3. The van der Waals surface area contributed by atoms with Gasteiger partial charge in [-0.15, -0.1) is 0 Å². The fraction of sp³-hybridized carbons (Fsp3) is 0.364. The third-order valence-corrected chi connectivity index (χ3v) is 2.62. The Morgan fingerprint density at radius 3 is 2.59 bits per heavy atom. The zero-order valence-electron chi connectivity index (χ0n) is 9.23. The van der Waals surface area contributed by atoms with Crippen LogP contribution in [0.15, 0.2) is 23.0 Å². The highest BCUT2D eigenvalue weighted by atomic mass is 16.3. The van der Waals surface area contributed by atoms with Crippen LogP contribution in [0.25, 0.3) is 11.0 Å². The van der Waals surface area contributed by atoms with Gasteiger partial charge in [0.05, 0.1) is 30.3 Å². The molecular weight excluding hydrogens is 222 g/mol. The summed E-state index contributed by atoms with van der Waals surface area (Å²) in [6.45, 7) is 0.300. The minimum atomic E-state index is -0.323. The maximum Gasteiger partial charge on any atom is 0.323 e. The third-order valence-electron chi connectivity index (χ3n) is 2.62. The van der Waals surface area contributed by atoms with Crippen LogP contribution in [0.4, 0.5) is 0 Å². The van der Waals surface area contributed by atoms with E-state index in [1.54, 1.807) is 0 Å². The number of benzene rings is 1. The number of H-pyrrole nitrogens is 2. The topological polar surface area (TPSA) is 101 Å². The predicted octanol–water partition coefficient (Wildman–Crippen LogP) is -0.701. The Balaban J connectivity index is 2.11. The minimum Gasteiger partial charge on any atom is -0.395 e. The molecule has 2 rings (SSSR count). The molecule has 0 atom stereocenters. The van der Waals surface area contributed by atoms with Crippen LogP contribution in [-0.2, 0) is 6.54 Å². The predicted molar refractivity (Wildman–Crippen MR) is 63.7 cm³/mol. The molecule has 0 aliphatic rings. The number of nitrogens with one attached hydrogen (secondary N) is 3. The fourth-order valence-corrected chi connectivity index (χ4v) is 1.64. The van der Waals surface area contributed by atoms with Crippen LogP contribution < -0.4 is 11.0 Å². The van der Waals surface area contributed by atoms with Crippen LogP contribution in [0.1, 0.15) is 5.56 Å². The molecule has 1 aromatic heterocycles. The summed E-state index contributed by atoms with van der Waals surface area (Å²) in [7, 11) is 0. The van der Waals surface area contributed by atoms with Gasteiger partial charge in [0.15, 0.2) is 0 Å². The molecule has 6 nitrogen and oxygen atoms in total. The van der Waals surface area contributed by atoms with E-state index in [0.29, 0.717) is 6.54 Å².